The summed E-state index contributed by atoms with van der Waals surface area (Å²) in [5.74, 6) is -1.55. The molecule has 17 heavy (non-hydrogen) atoms. The molecule has 0 saturated carbocycles. The number of aliphatic carboxylic acids is 1. The molecule has 0 spiro atoms. The Bertz CT molecular complexity index is 450. The van der Waals surface area contributed by atoms with Gasteiger partial charge in [-0.15, -0.1) is 13.2 Å². The molecule has 0 fully saturated rings. The first-order valence-corrected chi connectivity index (χ1v) is 4.55. The number of hydrogen-bond donors (Lipinski definition) is 1. The first-order chi connectivity index (χ1) is 7.76. The molecule has 1 aromatic rings. The zero-order valence-electron chi connectivity index (χ0n) is 8.78. The molecule has 0 amide bonds. The van der Waals surface area contributed by atoms with E-state index >= 15 is 0 Å². The summed E-state index contributed by atoms with van der Waals surface area (Å²) in [5.41, 5.74) is 0.864. The minimum absolute atomic E-state index is 0.326. The monoisotopic (exact) mass is 246 g/mol. The molecule has 0 aromatic heterocycles. The van der Waals surface area contributed by atoms with Crippen LogP contribution in [0.5, 0.6) is 5.75 Å². The summed E-state index contributed by atoms with van der Waals surface area (Å²) >= 11 is 0. The van der Waals surface area contributed by atoms with Crippen LogP contribution in [-0.4, -0.2) is 17.4 Å². The third-order valence-electron chi connectivity index (χ3n) is 1.73. The molecule has 1 N–H and O–H groups in total. The lowest BCUT2D eigenvalue weighted by molar-refractivity contribution is -0.274. The largest absolute Gasteiger partial charge is 0.573 e. The van der Waals surface area contributed by atoms with Crippen LogP contribution < -0.4 is 4.74 Å². The van der Waals surface area contributed by atoms with Gasteiger partial charge in [0, 0.05) is 6.08 Å². The Kier molecular flexibility index (Phi) is 3.77. The maximum Gasteiger partial charge on any atom is 0.573 e. The lowest BCUT2D eigenvalue weighted by Crippen LogP contribution is -2.17. The number of hydrogen-bond acceptors (Lipinski definition) is 2. The van der Waals surface area contributed by atoms with Gasteiger partial charge in [-0.2, -0.15) is 0 Å². The summed E-state index contributed by atoms with van der Waals surface area (Å²) in [6, 6.07) is 3.87. The van der Waals surface area contributed by atoms with Crippen LogP contribution in [0.4, 0.5) is 13.2 Å². The lowest BCUT2D eigenvalue weighted by atomic mass is 10.1. The Hall–Kier alpha value is -1.98. The van der Waals surface area contributed by atoms with E-state index in [0.29, 0.717) is 11.1 Å². The lowest BCUT2D eigenvalue weighted by Gasteiger charge is -2.10. The molecule has 3 nitrogen and oxygen atoms in total. The van der Waals surface area contributed by atoms with E-state index in [4.69, 9.17) is 5.11 Å². The maximum atomic E-state index is 12.0. The van der Waals surface area contributed by atoms with E-state index in [1.165, 1.54) is 12.1 Å². The van der Waals surface area contributed by atoms with Gasteiger partial charge >= 0.3 is 12.3 Å². The first kappa shape index (κ1) is 13.1. The summed E-state index contributed by atoms with van der Waals surface area (Å²) in [6.07, 6.45) is -2.73. The van der Waals surface area contributed by atoms with Crippen molar-refractivity contribution >= 4 is 12.0 Å². The van der Waals surface area contributed by atoms with Crippen molar-refractivity contribution < 1.29 is 27.8 Å². The van der Waals surface area contributed by atoms with E-state index < -0.39 is 12.3 Å². The zero-order chi connectivity index (χ0) is 13.1. The molecular weight excluding hydrogens is 237 g/mol. The van der Waals surface area contributed by atoms with E-state index in [1.807, 2.05) is 0 Å². The van der Waals surface area contributed by atoms with Gasteiger partial charge in [0.2, 0.25) is 0 Å². The molecule has 0 unspecified atom stereocenters. The van der Waals surface area contributed by atoms with Crippen LogP contribution in [0.15, 0.2) is 24.3 Å². The van der Waals surface area contributed by atoms with E-state index in [1.54, 1.807) is 13.0 Å². The maximum absolute atomic E-state index is 12.0. The summed E-state index contributed by atoms with van der Waals surface area (Å²) in [4.78, 5) is 10.3. The van der Waals surface area contributed by atoms with E-state index in [0.717, 1.165) is 12.1 Å². The molecule has 0 atom stereocenters. The van der Waals surface area contributed by atoms with Crippen LogP contribution >= 0.6 is 0 Å². The molecule has 0 bridgehead atoms. The van der Waals surface area contributed by atoms with Gasteiger partial charge < -0.3 is 9.84 Å². The quantitative estimate of drug-likeness (QED) is 0.834. The highest BCUT2D eigenvalue weighted by molar-refractivity contribution is 5.85. The van der Waals surface area contributed by atoms with Crippen LogP contribution in [0.3, 0.4) is 0 Å². The highest BCUT2D eigenvalue weighted by Gasteiger charge is 2.31. The van der Waals surface area contributed by atoms with Crippen LogP contribution in [0.1, 0.15) is 11.1 Å². The standard InChI is InChI=1S/C11H9F3O3/c1-7-4-8(2-3-10(15)16)6-9(5-7)17-11(12,13)14/h2-6H,1H3,(H,15,16)/b3-2+. The Morgan fingerprint density at radius 1 is 1.35 bits per heavy atom. The Labute approximate surface area is 95.1 Å². The third-order valence-corrected chi connectivity index (χ3v) is 1.73. The highest BCUT2D eigenvalue weighted by Crippen LogP contribution is 2.25. The molecule has 0 aliphatic rings. The molecule has 0 aliphatic heterocycles. The van der Waals surface area contributed by atoms with Crippen LogP contribution in [0.2, 0.25) is 0 Å². The Morgan fingerprint density at radius 2 is 2.00 bits per heavy atom. The van der Waals surface area contributed by atoms with E-state index in [9.17, 15) is 18.0 Å². The molecular formula is C11H9F3O3. The Balaban J connectivity index is 2.98. The summed E-state index contributed by atoms with van der Waals surface area (Å²) in [6.45, 7) is 1.58. The number of carboxylic acids is 1. The second-order valence-electron chi connectivity index (χ2n) is 3.30. The average molecular weight is 246 g/mol. The smallest absolute Gasteiger partial charge is 0.478 e. The minimum Gasteiger partial charge on any atom is -0.478 e. The number of carbonyl (C=O) groups is 1. The Morgan fingerprint density at radius 3 is 2.53 bits per heavy atom. The van der Waals surface area contributed by atoms with E-state index in [2.05, 4.69) is 4.74 Å². The first-order valence-electron chi connectivity index (χ1n) is 4.55. The molecule has 0 heterocycles. The minimum atomic E-state index is -4.76. The number of rotatable bonds is 3. The SMILES string of the molecule is Cc1cc(/C=C/C(=O)O)cc(OC(F)(F)F)c1. The van der Waals surface area contributed by atoms with Crippen LogP contribution in [0, 0.1) is 6.92 Å². The van der Waals surface area contributed by atoms with E-state index in [-0.39, 0.29) is 5.75 Å². The number of benzene rings is 1. The molecule has 0 saturated heterocycles. The van der Waals surface area contributed by atoms with Gasteiger partial charge in [-0.1, -0.05) is 6.07 Å². The van der Waals surface area contributed by atoms with Crippen molar-refractivity contribution in [1.82, 2.24) is 0 Å². The number of halogens is 3. The van der Waals surface area contributed by atoms with Crippen molar-refractivity contribution in [3.05, 3.63) is 35.4 Å². The predicted molar refractivity (Wildman–Crippen MR) is 54.5 cm³/mol. The van der Waals surface area contributed by atoms with Crippen molar-refractivity contribution in [1.29, 1.82) is 0 Å². The second kappa shape index (κ2) is 4.90. The summed E-state index contributed by atoms with van der Waals surface area (Å²) in [5, 5.41) is 8.40. The van der Waals surface area contributed by atoms with Crippen molar-refractivity contribution in [3.63, 3.8) is 0 Å². The molecule has 1 aromatic carbocycles. The van der Waals surface area contributed by atoms with Gasteiger partial charge in [0.15, 0.2) is 0 Å². The van der Waals surface area contributed by atoms with Gasteiger partial charge in [0.05, 0.1) is 0 Å². The van der Waals surface area contributed by atoms with Gasteiger partial charge in [-0.3, -0.25) is 0 Å². The predicted octanol–water partition coefficient (Wildman–Crippen LogP) is 2.99. The number of alkyl halides is 3. The highest BCUT2D eigenvalue weighted by atomic mass is 19.4. The summed E-state index contributed by atoms with van der Waals surface area (Å²) < 4.78 is 39.7. The fourth-order valence-electron chi connectivity index (χ4n) is 1.23. The average Bonchev–Trinajstić information content (AvgIpc) is 2.10. The number of aryl methyl sites for hydroxylation is 1. The van der Waals surface area contributed by atoms with Gasteiger partial charge in [0.1, 0.15) is 5.75 Å². The van der Waals surface area contributed by atoms with Gasteiger partial charge in [-0.25, -0.2) is 4.79 Å². The van der Waals surface area contributed by atoms with Crippen molar-refractivity contribution in [2.75, 3.05) is 0 Å². The zero-order valence-corrected chi connectivity index (χ0v) is 8.78. The fourth-order valence-corrected chi connectivity index (χ4v) is 1.23. The fraction of sp³-hybridized carbons (Fsp3) is 0.182. The molecule has 6 heteroatoms. The van der Waals surface area contributed by atoms with Gasteiger partial charge in [-0.05, 0) is 36.3 Å². The topological polar surface area (TPSA) is 46.5 Å². The molecule has 1 rings (SSSR count). The normalized spacial score (nSPS) is 11.8. The molecule has 92 valence electrons. The van der Waals surface area contributed by atoms with Crippen molar-refractivity contribution in [3.8, 4) is 5.75 Å². The van der Waals surface area contributed by atoms with Crippen LogP contribution in [-0.2, 0) is 4.79 Å². The summed E-state index contributed by atoms with van der Waals surface area (Å²) in [7, 11) is 0. The van der Waals surface area contributed by atoms with Crippen molar-refractivity contribution in [2.45, 2.75) is 13.3 Å². The third kappa shape index (κ3) is 5.05. The number of ether oxygens (including phenoxy) is 1. The molecule has 0 radical (unpaired) electrons. The molecule has 0 aliphatic carbocycles. The van der Waals surface area contributed by atoms with Crippen molar-refractivity contribution in [2.24, 2.45) is 0 Å². The number of carboxylic acid groups (broad SMARTS) is 1. The van der Waals surface area contributed by atoms with Crippen LogP contribution in [0.25, 0.3) is 6.08 Å². The second-order valence-corrected chi connectivity index (χ2v) is 3.30. The van der Waals surface area contributed by atoms with Gasteiger partial charge in [0.25, 0.3) is 0 Å².